The van der Waals surface area contributed by atoms with E-state index in [2.05, 4.69) is 10.1 Å². The van der Waals surface area contributed by atoms with Crippen LogP contribution < -0.4 is 25.8 Å². The van der Waals surface area contributed by atoms with Crippen LogP contribution in [-0.4, -0.2) is 98.0 Å². The first-order chi connectivity index (χ1) is 22.9. The third kappa shape index (κ3) is 10.6. The number of amides is 5. The summed E-state index contributed by atoms with van der Waals surface area (Å²) in [6.07, 6.45) is -16.9. The van der Waals surface area contributed by atoms with Crippen LogP contribution in [0.25, 0.3) is 0 Å². The summed E-state index contributed by atoms with van der Waals surface area (Å²) in [5, 5.41) is 12.3. The maximum absolute atomic E-state index is 13.3. The molecule has 2 atom stereocenters. The van der Waals surface area contributed by atoms with E-state index in [0.29, 0.717) is 16.9 Å². The van der Waals surface area contributed by atoms with Gasteiger partial charge in [-0.1, -0.05) is 30.3 Å². The summed E-state index contributed by atoms with van der Waals surface area (Å²) in [5.74, 6) is -12.4. The van der Waals surface area contributed by atoms with Gasteiger partial charge in [0.25, 0.3) is 17.7 Å². The number of carboxylic acid groups (broad SMARTS) is 1. The van der Waals surface area contributed by atoms with Gasteiger partial charge < -0.3 is 35.6 Å². The summed E-state index contributed by atoms with van der Waals surface area (Å²) >= 11 is 0. The van der Waals surface area contributed by atoms with Crippen molar-refractivity contribution in [3.63, 3.8) is 0 Å². The molecule has 0 saturated carbocycles. The van der Waals surface area contributed by atoms with Crippen LogP contribution in [0.1, 0.15) is 17.3 Å². The lowest BCUT2D eigenvalue weighted by Gasteiger charge is -2.26. The van der Waals surface area contributed by atoms with Crippen LogP contribution in [0.15, 0.2) is 54.6 Å². The van der Waals surface area contributed by atoms with E-state index < -0.39 is 79.3 Å². The van der Waals surface area contributed by atoms with Gasteiger partial charge in [-0.05, 0) is 31.2 Å². The van der Waals surface area contributed by atoms with Gasteiger partial charge >= 0.3 is 36.4 Å². The van der Waals surface area contributed by atoms with Gasteiger partial charge in [0.15, 0.2) is 6.10 Å². The number of alkyl carbamates (subject to hydrolysis) is 1. The molecule has 0 unspecified atom stereocenters. The van der Waals surface area contributed by atoms with Crippen molar-refractivity contribution in [2.45, 2.75) is 43.3 Å². The van der Waals surface area contributed by atoms with Crippen LogP contribution >= 0.6 is 0 Å². The molecule has 5 amide bonds. The van der Waals surface area contributed by atoms with Crippen LogP contribution in [0.2, 0.25) is 0 Å². The van der Waals surface area contributed by atoms with Crippen LogP contribution in [0.3, 0.4) is 0 Å². The third-order valence-corrected chi connectivity index (χ3v) is 6.51. The first-order valence-corrected chi connectivity index (χ1v) is 13.7. The second kappa shape index (κ2) is 15.9. The molecule has 2 aromatic carbocycles. The molecule has 0 saturated heterocycles. The Balaban J connectivity index is 0.000000616. The summed E-state index contributed by atoms with van der Waals surface area (Å²) in [5.41, 5.74) is 1.09. The van der Waals surface area contributed by atoms with Gasteiger partial charge in [0.1, 0.15) is 6.04 Å². The highest BCUT2D eigenvalue weighted by atomic mass is 19.4. The second-order valence-corrected chi connectivity index (χ2v) is 10.2. The molecule has 1 heterocycles. The minimum atomic E-state index is -5.89. The number of nitrogens with zero attached hydrogens (tertiary/aromatic N) is 2. The topological polar surface area (TPSA) is 157 Å². The van der Waals surface area contributed by atoms with Gasteiger partial charge in [0.2, 0.25) is 0 Å². The van der Waals surface area contributed by atoms with Crippen LogP contribution in [0.5, 0.6) is 0 Å². The average Bonchev–Trinajstić information content (AvgIpc) is 3.12. The number of halogens is 10. The van der Waals surface area contributed by atoms with Crippen molar-refractivity contribution in [1.29, 1.82) is 0 Å². The van der Waals surface area contributed by atoms with Crippen LogP contribution in [0, 0.1) is 0 Å². The molecule has 0 aromatic heterocycles. The molecular formula is C28H27F10N5O7. The Morgan fingerprint density at radius 3 is 1.80 bits per heavy atom. The number of carbonyl (C=O) groups is 5. The normalized spacial score (nSPS) is 15.8. The van der Waals surface area contributed by atoms with E-state index in [1.54, 1.807) is 54.6 Å². The van der Waals surface area contributed by atoms with Crippen molar-refractivity contribution >= 4 is 41.3 Å². The van der Waals surface area contributed by atoms with Crippen molar-refractivity contribution in [2.24, 2.45) is 0 Å². The maximum Gasteiger partial charge on any atom is 0.455 e. The molecule has 22 heteroatoms. The van der Waals surface area contributed by atoms with Gasteiger partial charge in [-0.3, -0.25) is 14.4 Å². The summed E-state index contributed by atoms with van der Waals surface area (Å²) in [4.78, 5) is 63.0. The Hall–Kier alpha value is -5.31. The van der Waals surface area contributed by atoms with E-state index in [-0.39, 0.29) is 6.54 Å². The third-order valence-electron chi connectivity index (χ3n) is 6.51. The largest absolute Gasteiger partial charge is 0.465 e. The molecule has 0 bridgehead atoms. The van der Waals surface area contributed by atoms with Crippen molar-refractivity contribution in [3.8, 4) is 0 Å². The van der Waals surface area contributed by atoms with Gasteiger partial charge in [-0.15, -0.1) is 0 Å². The molecule has 0 spiro atoms. The molecule has 1 aliphatic rings. The molecule has 4 N–H and O–H groups in total. The Morgan fingerprint density at radius 2 is 1.30 bits per heavy atom. The molecule has 0 radical (unpaired) electrons. The Bertz CT molecular complexity index is 1540. The number of carbonyl (C=O) groups excluding carboxylic acids is 4. The number of hydrogen-bond donors (Lipinski definition) is 4. The van der Waals surface area contributed by atoms with E-state index in [0.717, 1.165) is 12.2 Å². The fourth-order valence-electron chi connectivity index (χ4n) is 3.84. The molecule has 0 fully saturated rings. The number of para-hydroxylation sites is 2. The van der Waals surface area contributed by atoms with Gasteiger partial charge in [0, 0.05) is 12.6 Å². The SMILES string of the molecule is C[C@H](OC(=O)NCC(F)(F)C(F)(F)F)C(=O)N[C@H]1CN(C(=O)c2ccccc2)c2ccccc2N(C)C1=O.O=C(O)NCC(F)(F)C(F)(F)F. The zero-order chi connectivity index (χ0) is 38.2. The number of alkyl halides is 10. The smallest absolute Gasteiger partial charge is 0.455 e. The number of anilines is 2. The number of fused-ring (bicyclic) bond motifs is 1. The van der Waals surface area contributed by atoms with E-state index >= 15 is 0 Å². The molecule has 50 heavy (non-hydrogen) atoms. The molecular weight excluding hydrogens is 708 g/mol. The minimum absolute atomic E-state index is 0.309. The average molecular weight is 736 g/mol. The Morgan fingerprint density at radius 1 is 0.820 bits per heavy atom. The minimum Gasteiger partial charge on any atom is -0.465 e. The van der Waals surface area contributed by atoms with E-state index in [9.17, 15) is 67.9 Å². The summed E-state index contributed by atoms with van der Waals surface area (Å²) in [7, 11) is 1.44. The Kier molecular flexibility index (Phi) is 13.0. The standard InChI is InChI=1S/C24H23F5N4O5.C4H4F5NO2/c1-14(38-22(37)30-13-23(25,26)24(27,28)29)19(34)31-16-12-33(20(35)15-8-4-3-5-9-15)18-11-7-6-10-17(18)32(2)21(16)36;5-3(6,4(7,8)9)1-10-2(11)12/h3-11,14,16H,12-13H2,1-2H3,(H,30,37)(H,31,34);10H,1H2,(H,11,12)/t14-,16-;/m0./s1. The molecule has 276 valence electrons. The zero-order valence-electron chi connectivity index (χ0n) is 25.5. The Labute approximate surface area is 275 Å². The first-order valence-electron chi connectivity index (χ1n) is 13.7. The van der Waals surface area contributed by atoms with Crippen molar-refractivity contribution < 1.29 is 77.7 Å². The maximum atomic E-state index is 13.3. The number of likely N-dealkylation sites (N-methyl/N-ethyl adjacent to an activating group) is 1. The van der Waals surface area contributed by atoms with E-state index in [4.69, 9.17) is 5.11 Å². The highest BCUT2D eigenvalue weighted by molar-refractivity contribution is 6.12. The molecule has 12 nitrogen and oxygen atoms in total. The number of nitrogens with one attached hydrogen (secondary N) is 3. The second-order valence-electron chi connectivity index (χ2n) is 10.2. The van der Waals surface area contributed by atoms with Gasteiger partial charge in [-0.2, -0.15) is 43.9 Å². The highest BCUT2D eigenvalue weighted by Crippen LogP contribution is 2.36. The lowest BCUT2D eigenvalue weighted by atomic mass is 10.1. The number of hydrogen-bond acceptors (Lipinski definition) is 6. The van der Waals surface area contributed by atoms with Crippen LogP contribution in [-0.2, 0) is 14.3 Å². The molecule has 2 aromatic rings. The monoisotopic (exact) mass is 735 g/mol. The number of benzene rings is 2. The summed E-state index contributed by atoms with van der Waals surface area (Å²) < 4.78 is 125. The zero-order valence-corrected chi connectivity index (χ0v) is 25.5. The van der Waals surface area contributed by atoms with Crippen molar-refractivity contribution in [1.82, 2.24) is 16.0 Å². The van der Waals surface area contributed by atoms with Crippen molar-refractivity contribution in [3.05, 3.63) is 60.2 Å². The van der Waals surface area contributed by atoms with Gasteiger partial charge in [0.05, 0.1) is 31.0 Å². The fraction of sp³-hybridized carbons (Fsp3) is 0.393. The lowest BCUT2D eigenvalue weighted by Crippen LogP contribution is -2.54. The highest BCUT2D eigenvalue weighted by Gasteiger charge is 2.58. The van der Waals surface area contributed by atoms with E-state index in [1.807, 2.05) is 0 Å². The quantitative estimate of drug-likeness (QED) is 0.290. The van der Waals surface area contributed by atoms with Crippen LogP contribution in [0.4, 0.5) is 64.9 Å². The number of rotatable bonds is 8. The van der Waals surface area contributed by atoms with Gasteiger partial charge in [-0.25, -0.2) is 9.59 Å². The van der Waals surface area contributed by atoms with E-state index in [1.165, 1.54) is 22.2 Å². The predicted molar refractivity (Wildman–Crippen MR) is 152 cm³/mol. The fourth-order valence-corrected chi connectivity index (χ4v) is 3.84. The molecule has 0 aliphatic carbocycles. The summed E-state index contributed by atoms with van der Waals surface area (Å²) in [6, 6.07) is 13.4. The lowest BCUT2D eigenvalue weighted by molar-refractivity contribution is -0.278. The molecule has 1 aliphatic heterocycles. The summed E-state index contributed by atoms with van der Waals surface area (Å²) in [6.45, 7) is -3.34. The van der Waals surface area contributed by atoms with Crippen molar-refractivity contribution in [2.75, 3.05) is 36.5 Å². The molecule has 3 rings (SSSR count). The first kappa shape index (κ1) is 40.9. The number of ether oxygens (including phenoxy) is 1. The predicted octanol–water partition coefficient (Wildman–Crippen LogP) is 4.56.